The molecule has 1 aromatic rings. The average Bonchev–Trinajstić information content (AvgIpc) is 2.37. The van der Waals surface area contributed by atoms with Crippen molar-refractivity contribution >= 4 is 11.8 Å². The van der Waals surface area contributed by atoms with E-state index in [2.05, 4.69) is 40.9 Å². The molecule has 2 heterocycles. The van der Waals surface area contributed by atoms with E-state index >= 15 is 0 Å². The number of anilines is 2. The number of hydrogen-bond donors (Lipinski definition) is 1. The third-order valence-corrected chi connectivity index (χ3v) is 4.31. The van der Waals surface area contributed by atoms with Gasteiger partial charge in [-0.1, -0.05) is 23.3 Å². The number of rotatable bonds is 1. The Kier molecular flexibility index (Phi) is 3.24. The highest BCUT2D eigenvalue weighted by atomic mass is 15.2. The fraction of sp³-hybridized carbons (Fsp3) is 0.500. The van der Waals surface area contributed by atoms with E-state index in [1.807, 2.05) is 13.0 Å². The van der Waals surface area contributed by atoms with E-state index in [-0.39, 0.29) is 0 Å². The molecule has 2 aliphatic rings. The smallest absolute Gasteiger partial charge is 0.222 e. The Morgan fingerprint density at radius 2 is 2.00 bits per heavy atom. The van der Waals surface area contributed by atoms with Gasteiger partial charge in [0, 0.05) is 30.3 Å². The Morgan fingerprint density at radius 3 is 2.75 bits per heavy atom. The van der Waals surface area contributed by atoms with Crippen molar-refractivity contribution in [2.24, 2.45) is 5.92 Å². The quantitative estimate of drug-likeness (QED) is 0.852. The predicted molar refractivity (Wildman–Crippen MR) is 82.6 cm³/mol. The highest BCUT2D eigenvalue weighted by Crippen LogP contribution is 2.36. The minimum absolute atomic E-state index is 0.369. The molecule has 0 amide bonds. The minimum atomic E-state index is 0.369. The Hall–Kier alpha value is -1.84. The summed E-state index contributed by atoms with van der Waals surface area (Å²) in [7, 11) is 0. The zero-order valence-electron chi connectivity index (χ0n) is 12.4. The van der Waals surface area contributed by atoms with Crippen LogP contribution in [0.25, 0.3) is 0 Å². The predicted octanol–water partition coefficient (Wildman–Crippen LogP) is 2.86. The molecule has 0 spiro atoms. The molecule has 0 aromatic carbocycles. The number of nitrogens with two attached hydrogens (primary N) is 1. The lowest BCUT2D eigenvalue weighted by Gasteiger charge is -2.41. The molecule has 1 saturated heterocycles. The minimum Gasteiger partial charge on any atom is -0.368 e. The maximum Gasteiger partial charge on any atom is 0.222 e. The first-order valence-electron chi connectivity index (χ1n) is 7.27. The van der Waals surface area contributed by atoms with Gasteiger partial charge in [-0.2, -0.15) is 4.98 Å². The molecule has 2 atom stereocenters. The summed E-state index contributed by atoms with van der Waals surface area (Å²) in [6.07, 6.45) is 6.85. The van der Waals surface area contributed by atoms with Gasteiger partial charge in [-0.25, -0.2) is 4.98 Å². The van der Waals surface area contributed by atoms with E-state index in [0.29, 0.717) is 17.9 Å². The van der Waals surface area contributed by atoms with E-state index < -0.39 is 0 Å². The van der Waals surface area contributed by atoms with Crippen LogP contribution in [0.5, 0.6) is 0 Å². The Morgan fingerprint density at radius 1 is 1.20 bits per heavy atom. The number of allylic oxidation sites excluding steroid dienone is 3. The molecule has 1 aliphatic heterocycles. The summed E-state index contributed by atoms with van der Waals surface area (Å²) in [5.41, 5.74) is 9.77. The molecule has 106 valence electrons. The normalized spacial score (nSPS) is 25.9. The molecule has 1 aliphatic carbocycles. The lowest BCUT2D eigenvalue weighted by Crippen LogP contribution is -2.44. The molecular weight excluding hydrogens is 248 g/mol. The van der Waals surface area contributed by atoms with Gasteiger partial charge < -0.3 is 10.6 Å². The second-order valence-corrected chi connectivity index (χ2v) is 6.09. The molecule has 4 heteroatoms. The maximum atomic E-state index is 5.80. The second kappa shape index (κ2) is 4.93. The van der Waals surface area contributed by atoms with E-state index in [1.165, 1.54) is 5.57 Å². The van der Waals surface area contributed by atoms with Crippen molar-refractivity contribution in [2.75, 3.05) is 17.2 Å². The molecule has 1 aromatic heterocycles. The van der Waals surface area contributed by atoms with Gasteiger partial charge in [0.1, 0.15) is 5.82 Å². The van der Waals surface area contributed by atoms with E-state index in [1.54, 1.807) is 5.57 Å². The van der Waals surface area contributed by atoms with Crippen LogP contribution in [0, 0.1) is 12.8 Å². The molecule has 0 bridgehead atoms. The number of nitrogens with zero attached hydrogens (tertiary/aromatic N) is 3. The third kappa shape index (κ3) is 2.42. The number of nitrogen functional groups attached to an aromatic ring is 1. The van der Waals surface area contributed by atoms with Crippen molar-refractivity contribution < 1.29 is 0 Å². The van der Waals surface area contributed by atoms with Crippen LogP contribution in [-0.4, -0.2) is 22.6 Å². The fourth-order valence-electron chi connectivity index (χ4n) is 3.30. The van der Waals surface area contributed by atoms with Crippen LogP contribution in [0.4, 0.5) is 11.8 Å². The number of fused-ring (bicyclic) bond motifs is 1. The van der Waals surface area contributed by atoms with Crippen LogP contribution < -0.4 is 10.6 Å². The van der Waals surface area contributed by atoms with Crippen molar-refractivity contribution in [3.8, 4) is 0 Å². The van der Waals surface area contributed by atoms with Crippen LogP contribution in [0.2, 0.25) is 0 Å². The number of hydrogen-bond acceptors (Lipinski definition) is 4. The molecule has 3 rings (SSSR count). The van der Waals surface area contributed by atoms with E-state index in [4.69, 9.17) is 5.73 Å². The number of aromatic nitrogens is 2. The summed E-state index contributed by atoms with van der Waals surface area (Å²) in [6, 6.07) is 2.49. The van der Waals surface area contributed by atoms with Crippen molar-refractivity contribution in [1.29, 1.82) is 0 Å². The van der Waals surface area contributed by atoms with Crippen LogP contribution in [0.1, 0.15) is 32.4 Å². The lowest BCUT2D eigenvalue weighted by atomic mass is 9.80. The van der Waals surface area contributed by atoms with Crippen molar-refractivity contribution in [1.82, 2.24) is 9.97 Å². The molecule has 4 nitrogen and oxygen atoms in total. The first-order chi connectivity index (χ1) is 9.52. The van der Waals surface area contributed by atoms with Gasteiger partial charge in [0.15, 0.2) is 0 Å². The summed E-state index contributed by atoms with van der Waals surface area (Å²) in [4.78, 5) is 11.0. The van der Waals surface area contributed by atoms with Crippen molar-refractivity contribution in [2.45, 2.75) is 39.7 Å². The van der Waals surface area contributed by atoms with Gasteiger partial charge in [-0.15, -0.1) is 0 Å². The molecule has 0 saturated carbocycles. The average molecular weight is 270 g/mol. The zero-order valence-corrected chi connectivity index (χ0v) is 12.4. The SMILES string of the molecule is CC1=CC=C2CC(C)N(c3cc(C)nc(N)n3)CC2C1. The van der Waals surface area contributed by atoms with Gasteiger partial charge in [-0.05, 0) is 33.6 Å². The van der Waals surface area contributed by atoms with Crippen LogP contribution in [0.3, 0.4) is 0 Å². The summed E-state index contributed by atoms with van der Waals surface area (Å²) < 4.78 is 0. The number of aryl methyl sites for hydroxylation is 1. The monoisotopic (exact) mass is 270 g/mol. The zero-order chi connectivity index (χ0) is 14.3. The first-order valence-corrected chi connectivity index (χ1v) is 7.27. The summed E-state index contributed by atoms with van der Waals surface area (Å²) >= 11 is 0. The number of piperidine rings is 1. The largest absolute Gasteiger partial charge is 0.368 e. The van der Waals surface area contributed by atoms with E-state index in [9.17, 15) is 0 Å². The highest BCUT2D eigenvalue weighted by molar-refractivity contribution is 5.47. The molecular formula is C16H22N4. The summed E-state index contributed by atoms with van der Waals surface area (Å²) in [5, 5.41) is 0. The first kappa shape index (κ1) is 13.2. The van der Waals surface area contributed by atoms with Gasteiger partial charge in [0.2, 0.25) is 5.95 Å². The van der Waals surface area contributed by atoms with Crippen LogP contribution in [-0.2, 0) is 0 Å². The van der Waals surface area contributed by atoms with Crippen molar-refractivity contribution in [3.05, 3.63) is 35.1 Å². The summed E-state index contributed by atoms with van der Waals surface area (Å²) in [5.74, 6) is 1.95. The fourth-order valence-corrected chi connectivity index (χ4v) is 3.30. The summed E-state index contributed by atoms with van der Waals surface area (Å²) in [6.45, 7) is 7.46. The Bertz CT molecular complexity index is 568. The Labute approximate surface area is 120 Å². The van der Waals surface area contributed by atoms with Crippen LogP contribution >= 0.6 is 0 Å². The lowest BCUT2D eigenvalue weighted by molar-refractivity contribution is 0.449. The van der Waals surface area contributed by atoms with Crippen LogP contribution in [0.15, 0.2) is 29.4 Å². The molecule has 2 N–H and O–H groups in total. The standard InChI is InChI=1S/C16H22N4/c1-10-4-5-13-8-12(3)20(9-14(13)6-10)15-7-11(2)18-16(17)19-15/h4-5,7,12,14H,6,8-9H2,1-3H3,(H2,17,18,19). The van der Waals surface area contributed by atoms with Gasteiger partial charge in [-0.3, -0.25) is 0 Å². The molecule has 0 radical (unpaired) electrons. The highest BCUT2D eigenvalue weighted by Gasteiger charge is 2.31. The van der Waals surface area contributed by atoms with Crippen molar-refractivity contribution in [3.63, 3.8) is 0 Å². The molecule has 1 fully saturated rings. The topological polar surface area (TPSA) is 55.0 Å². The molecule has 20 heavy (non-hydrogen) atoms. The maximum absolute atomic E-state index is 5.80. The van der Waals surface area contributed by atoms with Gasteiger partial charge in [0.05, 0.1) is 0 Å². The Balaban J connectivity index is 1.88. The third-order valence-electron chi connectivity index (χ3n) is 4.31. The molecule has 2 unspecified atom stereocenters. The van der Waals surface area contributed by atoms with Gasteiger partial charge >= 0.3 is 0 Å². The second-order valence-electron chi connectivity index (χ2n) is 6.09. The van der Waals surface area contributed by atoms with Gasteiger partial charge in [0.25, 0.3) is 0 Å². The van der Waals surface area contributed by atoms with E-state index in [0.717, 1.165) is 30.9 Å².